The molecule has 0 unspecified atom stereocenters. The van der Waals surface area contributed by atoms with Crippen molar-refractivity contribution in [2.75, 3.05) is 27.9 Å². The second-order valence-corrected chi connectivity index (χ2v) is 8.63. The molecule has 22 heavy (non-hydrogen) atoms. The molecule has 0 fully saturated rings. The summed E-state index contributed by atoms with van der Waals surface area (Å²) in [6.45, 7) is 0.645. The molecule has 0 saturated heterocycles. The van der Waals surface area contributed by atoms with Crippen LogP contribution in [-0.4, -0.2) is 36.7 Å². The van der Waals surface area contributed by atoms with Crippen molar-refractivity contribution in [3.05, 3.63) is 10.4 Å². The first-order valence-corrected chi connectivity index (χ1v) is 10.3. The number of unbranched alkanes of at least 4 members (excludes halogenated alkanes) is 9. The molecular weight excluding hydrogens is 298 g/mol. The van der Waals surface area contributed by atoms with E-state index in [-0.39, 0.29) is 0 Å². The van der Waals surface area contributed by atoms with E-state index in [1.807, 2.05) is 0 Å². The molecule has 0 saturated carbocycles. The maximum atomic E-state index is 8.15. The van der Waals surface area contributed by atoms with Gasteiger partial charge in [0, 0.05) is 38.8 Å². The minimum atomic E-state index is -2.35. The largest absolute Gasteiger partial charge is 0.500 e. The summed E-state index contributed by atoms with van der Waals surface area (Å²) in [4.78, 5) is 2.75. The molecular formula is C15H33N3O3Si. The molecule has 0 aromatic carbocycles. The van der Waals surface area contributed by atoms with Gasteiger partial charge in [0.05, 0.1) is 0 Å². The highest BCUT2D eigenvalue weighted by Gasteiger charge is 2.36. The zero-order valence-corrected chi connectivity index (χ0v) is 15.6. The standard InChI is InChI=1S/C15H33N3O3Si/c1-19-22(20-2,21-3)15-13-11-9-7-5-4-6-8-10-12-14-17-18-16/h4-15H2,1-3H3. The van der Waals surface area contributed by atoms with Crippen molar-refractivity contribution in [3.63, 3.8) is 0 Å². The van der Waals surface area contributed by atoms with Crippen molar-refractivity contribution in [2.45, 2.75) is 70.3 Å². The summed E-state index contributed by atoms with van der Waals surface area (Å²) < 4.78 is 16.2. The summed E-state index contributed by atoms with van der Waals surface area (Å²) >= 11 is 0. The van der Waals surface area contributed by atoms with Crippen LogP contribution in [0.15, 0.2) is 5.11 Å². The van der Waals surface area contributed by atoms with Gasteiger partial charge < -0.3 is 13.3 Å². The third-order valence-electron chi connectivity index (χ3n) is 3.99. The van der Waals surface area contributed by atoms with Crippen LogP contribution in [-0.2, 0) is 13.3 Å². The zero-order chi connectivity index (χ0) is 16.5. The molecule has 0 N–H and O–H groups in total. The number of nitrogens with zero attached hydrogens (tertiary/aromatic N) is 3. The van der Waals surface area contributed by atoms with Crippen LogP contribution in [0.2, 0.25) is 6.04 Å². The molecule has 0 rings (SSSR count). The van der Waals surface area contributed by atoms with E-state index >= 15 is 0 Å². The van der Waals surface area contributed by atoms with Crippen LogP contribution >= 0.6 is 0 Å². The zero-order valence-electron chi connectivity index (χ0n) is 14.6. The topological polar surface area (TPSA) is 76.5 Å². The van der Waals surface area contributed by atoms with Crippen molar-refractivity contribution in [3.8, 4) is 0 Å². The molecule has 7 heteroatoms. The minimum Gasteiger partial charge on any atom is -0.377 e. The van der Waals surface area contributed by atoms with E-state index in [1.54, 1.807) is 21.3 Å². The van der Waals surface area contributed by atoms with Gasteiger partial charge in [-0.25, -0.2) is 0 Å². The van der Waals surface area contributed by atoms with Gasteiger partial charge in [0.2, 0.25) is 0 Å². The van der Waals surface area contributed by atoms with Gasteiger partial charge in [-0.1, -0.05) is 56.5 Å². The van der Waals surface area contributed by atoms with Crippen LogP contribution in [0.25, 0.3) is 10.4 Å². The summed E-state index contributed by atoms with van der Waals surface area (Å²) in [6, 6.07) is 0.904. The molecule has 130 valence electrons. The Balaban J connectivity index is 3.31. The third kappa shape index (κ3) is 11.0. The average molecular weight is 332 g/mol. The smallest absolute Gasteiger partial charge is 0.377 e. The quantitative estimate of drug-likeness (QED) is 0.130. The monoisotopic (exact) mass is 331 g/mol. The van der Waals surface area contributed by atoms with Crippen LogP contribution in [0, 0.1) is 0 Å². The summed E-state index contributed by atoms with van der Waals surface area (Å²) in [5, 5.41) is 3.54. The van der Waals surface area contributed by atoms with Gasteiger partial charge in [-0.15, -0.1) is 0 Å². The van der Waals surface area contributed by atoms with E-state index in [0.29, 0.717) is 6.54 Å². The van der Waals surface area contributed by atoms with Crippen molar-refractivity contribution >= 4 is 8.80 Å². The molecule has 0 radical (unpaired) electrons. The van der Waals surface area contributed by atoms with Gasteiger partial charge in [0.25, 0.3) is 0 Å². The number of azide groups is 1. The highest BCUT2D eigenvalue weighted by molar-refractivity contribution is 6.60. The molecule has 6 nitrogen and oxygen atoms in total. The van der Waals surface area contributed by atoms with Crippen LogP contribution in [0.1, 0.15) is 64.2 Å². The predicted octanol–water partition coefficient (Wildman–Crippen LogP) is 5.08. The van der Waals surface area contributed by atoms with Gasteiger partial charge in [-0.05, 0) is 18.4 Å². The number of hydrogen-bond donors (Lipinski definition) is 0. The molecule has 0 aliphatic rings. The lowest BCUT2D eigenvalue weighted by atomic mass is 10.1. The van der Waals surface area contributed by atoms with E-state index in [0.717, 1.165) is 18.9 Å². The lowest BCUT2D eigenvalue weighted by Crippen LogP contribution is -2.42. The predicted molar refractivity (Wildman–Crippen MR) is 91.8 cm³/mol. The van der Waals surface area contributed by atoms with Crippen LogP contribution < -0.4 is 0 Å². The van der Waals surface area contributed by atoms with Crippen molar-refractivity contribution in [1.82, 2.24) is 0 Å². The first kappa shape index (κ1) is 21.4. The van der Waals surface area contributed by atoms with Crippen LogP contribution in [0.3, 0.4) is 0 Å². The molecule has 0 aromatic heterocycles. The van der Waals surface area contributed by atoms with Gasteiger partial charge in [0.15, 0.2) is 0 Å². The second-order valence-electron chi connectivity index (χ2n) is 5.54. The van der Waals surface area contributed by atoms with Gasteiger partial charge in [-0.2, -0.15) is 0 Å². The SMILES string of the molecule is CO[Si](CCCCCCCCCCCCN=[N+]=[N-])(OC)OC. The first-order valence-electron chi connectivity index (χ1n) is 8.41. The Kier molecular flexibility index (Phi) is 14.9. The summed E-state index contributed by atoms with van der Waals surface area (Å²) in [6.07, 6.45) is 12.3. The fourth-order valence-corrected chi connectivity index (χ4v) is 4.33. The molecule has 0 amide bonds. The number of rotatable bonds is 16. The lowest BCUT2D eigenvalue weighted by Gasteiger charge is -2.24. The van der Waals surface area contributed by atoms with Crippen molar-refractivity contribution < 1.29 is 13.3 Å². The van der Waals surface area contributed by atoms with Crippen LogP contribution in [0.5, 0.6) is 0 Å². The normalized spacial score (nSPS) is 11.4. The van der Waals surface area contributed by atoms with E-state index in [9.17, 15) is 0 Å². The van der Waals surface area contributed by atoms with Crippen molar-refractivity contribution in [2.24, 2.45) is 5.11 Å². The molecule has 0 heterocycles. The molecule has 0 aliphatic heterocycles. The lowest BCUT2D eigenvalue weighted by molar-refractivity contribution is 0.122. The Morgan fingerprint density at radius 2 is 1.14 bits per heavy atom. The Hall–Kier alpha value is -0.593. The van der Waals surface area contributed by atoms with E-state index in [4.69, 9.17) is 18.8 Å². The summed E-state index contributed by atoms with van der Waals surface area (Å²) in [7, 11) is 2.67. The summed E-state index contributed by atoms with van der Waals surface area (Å²) in [5.41, 5.74) is 8.15. The van der Waals surface area contributed by atoms with Gasteiger partial charge in [0.1, 0.15) is 0 Å². The van der Waals surface area contributed by atoms with Crippen molar-refractivity contribution in [1.29, 1.82) is 0 Å². The Morgan fingerprint density at radius 3 is 1.55 bits per heavy atom. The average Bonchev–Trinajstić information content (AvgIpc) is 2.56. The number of hydrogen-bond acceptors (Lipinski definition) is 4. The molecule has 0 aliphatic carbocycles. The third-order valence-corrected chi connectivity index (χ3v) is 6.82. The second kappa shape index (κ2) is 15.3. The Labute approximate surface area is 136 Å². The fraction of sp³-hybridized carbons (Fsp3) is 1.00. The molecule has 0 spiro atoms. The van der Waals surface area contributed by atoms with Gasteiger partial charge >= 0.3 is 8.80 Å². The fourth-order valence-electron chi connectivity index (χ4n) is 2.54. The maximum Gasteiger partial charge on any atom is 0.500 e. The van der Waals surface area contributed by atoms with E-state index in [2.05, 4.69) is 10.0 Å². The Morgan fingerprint density at radius 1 is 0.727 bits per heavy atom. The molecule has 0 bridgehead atoms. The Bertz CT molecular complexity index is 287. The first-order chi connectivity index (χ1) is 10.7. The van der Waals surface area contributed by atoms with E-state index < -0.39 is 8.80 Å². The maximum absolute atomic E-state index is 8.15. The molecule has 0 atom stereocenters. The molecule has 0 aromatic rings. The van der Waals surface area contributed by atoms with Gasteiger partial charge in [-0.3, -0.25) is 0 Å². The highest BCUT2D eigenvalue weighted by atomic mass is 28.4. The highest BCUT2D eigenvalue weighted by Crippen LogP contribution is 2.18. The summed E-state index contributed by atoms with van der Waals surface area (Å²) in [5.74, 6) is 0. The van der Waals surface area contributed by atoms with E-state index in [1.165, 1.54) is 51.4 Å². The van der Waals surface area contributed by atoms with Crippen LogP contribution in [0.4, 0.5) is 0 Å². The minimum absolute atomic E-state index is 0.645.